The number of hydrogen-bond acceptors (Lipinski definition) is 4. The van der Waals surface area contributed by atoms with Gasteiger partial charge in [-0.15, -0.1) is 6.58 Å². The van der Waals surface area contributed by atoms with Crippen molar-refractivity contribution in [3.05, 3.63) is 48.0 Å². The van der Waals surface area contributed by atoms with Gasteiger partial charge in [-0.2, -0.15) is 0 Å². The first-order chi connectivity index (χ1) is 13.4. The third-order valence-electron chi connectivity index (χ3n) is 4.65. The number of nitrogens with zero attached hydrogens (tertiary/aromatic N) is 3. The van der Waals surface area contributed by atoms with Gasteiger partial charge in [0.2, 0.25) is 0 Å². The van der Waals surface area contributed by atoms with Gasteiger partial charge in [0, 0.05) is 38.3 Å². The fourth-order valence-electron chi connectivity index (χ4n) is 3.01. The van der Waals surface area contributed by atoms with Crippen molar-refractivity contribution in [1.29, 1.82) is 0 Å². The lowest BCUT2D eigenvalue weighted by atomic mass is 10.1. The van der Waals surface area contributed by atoms with E-state index >= 15 is 0 Å². The summed E-state index contributed by atoms with van der Waals surface area (Å²) in [5.74, 6) is -0.0151. The van der Waals surface area contributed by atoms with Crippen LogP contribution >= 0.6 is 0 Å². The standard InChI is InChI=1S/C21H32N4O3/c1-5-10-22-21(27)25-13-14-28-19(16-25)15-24(12-11-23(3)4)20(26)18-8-6-17(2)7-9-18/h5-9,19H,1,10-16H2,2-4H3,(H,22,27). The van der Waals surface area contributed by atoms with Crippen LogP contribution in [0.5, 0.6) is 0 Å². The molecule has 7 nitrogen and oxygen atoms in total. The molecule has 1 fully saturated rings. The summed E-state index contributed by atoms with van der Waals surface area (Å²) in [4.78, 5) is 30.9. The van der Waals surface area contributed by atoms with Gasteiger partial charge in [0.05, 0.1) is 19.3 Å². The van der Waals surface area contributed by atoms with Gasteiger partial charge in [0.15, 0.2) is 0 Å². The molecule has 0 aliphatic carbocycles. The number of nitrogens with one attached hydrogen (secondary N) is 1. The highest BCUT2D eigenvalue weighted by atomic mass is 16.5. The highest BCUT2D eigenvalue weighted by molar-refractivity contribution is 5.94. The van der Waals surface area contributed by atoms with Crippen molar-refractivity contribution in [2.75, 3.05) is 60.0 Å². The lowest BCUT2D eigenvalue weighted by Gasteiger charge is -2.36. The number of benzene rings is 1. The number of ether oxygens (including phenoxy) is 1. The Balaban J connectivity index is 2.04. The second kappa shape index (κ2) is 10.8. The molecule has 1 aromatic carbocycles. The van der Waals surface area contributed by atoms with E-state index in [1.165, 1.54) is 0 Å². The molecule has 1 N–H and O–H groups in total. The highest BCUT2D eigenvalue weighted by Gasteiger charge is 2.27. The van der Waals surface area contributed by atoms with Crippen molar-refractivity contribution in [1.82, 2.24) is 20.0 Å². The topological polar surface area (TPSA) is 65.1 Å². The molecule has 1 aromatic rings. The Morgan fingerprint density at radius 2 is 2.00 bits per heavy atom. The number of amides is 3. The Kier molecular flexibility index (Phi) is 8.47. The van der Waals surface area contributed by atoms with Crippen LogP contribution < -0.4 is 5.32 Å². The van der Waals surface area contributed by atoms with E-state index in [0.29, 0.717) is 44.9 Å². The van der Waals surface area contributed by atoms with Crippen LogP contribution in [0.3, 0.4) is 0 Å². The minimum Gasteiger partial charge on any atom is -0.373 e. The van der Waals surface area contributed by atoms with Crippen molar-refractivity contribution in [2.45, 2.75) is 13.0 Å². The molecule has 0 saturated carbocycles. The van der Waals surface area contributed by atoms with E-state index in [1.807, 2.05) is 55.1 Å². The fourth-order valence-corrected chi connectivity index (χ4v) is 3.01. The van der Waals surface area contributed by atoms with Crippen LogP contribution in [0, 0.1) is 6.92 Å². The second-order valence-corrected chi connectivity index (χ2v) is 7.33. The van der Waals surface area contributed by atoms with Crippen LogP contribution in [0.2, 0.25) is 0 Å². The number of likely N-dealkylation sites (N-methyl/N-ethyl adjacent to an activating group) is 1. The average Bonchev–Trinajstić information content (AvgIpc) is 2.69. The van der Waals surface area contributed by atoms with E-state index in [9.17, 15) is 9.59 Å². The molecule has 28 heavy (non-hydrogen) atoms. The lowest BCUT2D eigenvalue weighted by molar-refractivity contribution is -0.0280. The zero-order chi connectivity index (χ0) is 20.5. The largest absolute Gasteiger partial charge is 0.373 e. The minimum absolute atomic E-state index is 0.0151. The number of rotatable bonds is 8. The molecule has 1 aliphatic rings. The molecule has 3 amide bonds. The molecular formula is C21H32N4O3. The maximum absolute atomic E-state index is 13.0. The maximum Gasteiger partial charge on any atom is 0.317 e. The molecule has 1 heterocycles. The molecule has 2 rings (SSSR count). The first-order valence-corrected chi connectivity index (χ1v) is 9.66. The molecule has 7 heteroatoms. The summed E-state index contributed by atoms with van der Waals surface area (Å²) in [5.41, 5.74) is 1.79. The first-order valence-electron chi connectivity index (χ1n) is 9.66. The van der Waals surface area contributed by atoms with Gasteiger partial charge in [0.1, 0.15) is 0 Å². The molecule has 1 saturated heterocycles. The average molecular weight is 389 g/mol. The van der Waals surface area contributed by atoms with E-state index in [4.69, 9.17) is 4.74 Å². The predicted octanol–water partition coefficient (Wildman–Crippen LogP) is 1.60. The van der Waals surface area contributed by atoms with Crippen molar-refractivity contribution in [2.24, 2.45) is 0 Å². The molecule has 154 valence electrons. The Labute approximate surface area is 167 Å². The molecule has 0 spiro atoms. The second-order valence-electron chi connectivity index (χ2n) is 7.33. The predicted molar refractivity (Wildman–Crippen MR) is 111 cm³/mol. The highest BCUT2D eigenvalue weighted by Crippen LogP contribution is 2.12. The summed E-state index contributed by atoms with van der Waals surface area (Å²) < 4.78 is 5.86. The Morgan fingerprint density at radius 3 is 2.64 bits per heavy atom. The lowest BCUT2D eigenvalue weighted by Crippen LogP contribution is -2.53. The zero-order valence-electron chi connectivity index (χ0n) is 17.2. The number of hydrogen-bond donors (Lipinski definition) is 1. The van der Waals surface area contributed by atoms with Crippen LogP contribution in [-0.2, 0) is 4.74 Å². The third kappa shape index (κ3) is 6.65. The Hall–Kier alpha value is -2.38. The van der Waals surface area contributed by atoms with Gasteiger partial charge >= 0.3 is 6.03 Å². The molecule has 1 aliphatic heterocycles. The summed E-state index contributed by atoms with van der Waals surface area (Å²) in [7, 11) is 3.97. The Bertz CT molecular complexity index is 660. The number of carbonyl (C=O) groups excluding carboxylic acids is 2. The van der Waals surface area contributed by atoms with Crippen LogP contribution in [0.15, 0.2) is 36.9 Å². The summed E-state index contributed by atoms with van der Waals surface area (Å²) in [5, 5.41) is 2.80. The van der Waals surface area contributed by atoms with Crippen LogP contribution in [-0.4, -0.2) is 92.7 Å². The molecule has 1 atom stereocenters. The SMILES string of the molecule is C=CCNC(=O)N1CCOC(CN(CCN(C)C)C(=O)c2ccc(C)cc2)C1. The van der Waals surface area contributed by atoms with Gasteiger partial charge in [-0.25, -0.2) is 4.79 Å². The van der Waals surface area contributed by atoms with Crippen molar-refractivity contribution >= 4 is 11.9 Å². The van der Waals surface area contributed by atoms with Crippen molar-refractivity contribution < 1.29 is 14.3 Å². The third-order valence-corrected chi connectivity index (χ3v) is 4.65. The number of aryl methyl sites for hydroxylation is 1. The number of morpholine rings is 1. The summed E-state index contributed by atoms with van der Waals surface area (Å²) >= 11 is 0. The summed E-state index contributed by atoms with van der Waals surface area (Å²) in [6, 6.07) is 7.48. The molecular weight excluding hydrogens is 356 g/mol. The number of carbonyl (C=O) groups is 2. The molecule has 0 aromatic heterocycles. The summed E-state index contributed by atoms with van der Waals surface area (Å²) in [6.07, 6.45) is 1.44. The van der Waals surface area contributed by atoms with E-state index < -0.39 is 0 Å². The fraction of sp³-hybridized carbons (Fsp3) is 0.524. The minimum atomic E-state index is -0.209. The van der Waals surface area contributed by atoms with E-state index in [-0.39, 0.29) is 18.0 Å². The van der Waals surface area contributed by atoms with Gasteiger partial charge < -0.3 is 24.8 Å². The van der Waals surface area contributed by atoms with Gasteiger partial charge in [-0.3, -0.25) is 4.79 Å². The van der Waals surface area contributed by atoms with E-state index in [1.54, 1.807) is 11.0 Å². The van der Waals surface area contributed by atoms with Crippen molar-refractivity contribution in [3.8, 4) is 0 Å². The first kappa shape index (κ1) is 21.9. The van der Waals surface area contributed by atoms with Crippen LogP contribution in [0.4, 0.5) is 4.79 Å². The number of urea groups is 1. The smallest absolute Gasteiger partial charge is 0.317 e. The quantitative estimate of drug-likeness (QED) is 0.687. The zero-order valence-corrected chi connectivity index (χ0v) is 17.2. The summed E-state index contributed by atoms with van der Waals surface area (Å²) in [6.45, 7) is 9.32. The molecule has 0 bridgehead atoms. The van der Waals surface area contributed by atoms with E-state index in [0.717, 1.165) is 12.1 Å². The molecule has 1 unspecified atom stereocenters. The normalized spacial score (nSPS) is 16.7. The van der Waals surface area contributed by atoms with Crippen LogP contribution in [0.1, 0.15) is 15.9 Å². The van der Waals surface area contributed by atoms with Gasteiger partial charge in [-0.1, -0.05) is 23.8 Å². The van der Waals surface area contributed by atoms with Crippen LogP contribution in [0.25, 0.3) is 0 Å². The molecule has 0 radical (unpaired) electrons. The van der Waals surface area contributed by atoms with Gasteiger partial charge in [-0.05, 0) is 33.2 Å². The Morgan fingerprint density at radius 1 is 1.29 bits per heavy atom. The van der Waals surface area contributed by atoms with E-state index in [2.05, 4.69) is 11.9 Å². The van der Waals surface area contributed by atoms with Crippen molar-refractivity contribution in [3.63, 3.8) is 0 Å². The maximum atomic E-state index is 13.0. The van der Waals surface area contributed by atoms with Gasteiger partial charge in [0.25, 0.3) is 5.91 Å². The monoisotopic (exact) mass is 388 g/mol.